The van der Waals surface area contributed by atoms with Gasteiger partial charge in [0.05, 0.1) is 13.7 Å². The van der Waals surface area contributed by atoms with E-state index < -0.39 is 6.10 Å². The van der Waals surface area contributed by atoms with Crippen LogP contribution in [0, 0.1) is 0 Å². The molecule has 0 bridgehead atoms. The van der Waals surface area contributed by atoms with E-state index in [2.05, 4.69) is 21.6 Å². The van der Waals surface area contributed by atoms with Crippen molar-refractivity contribution < 1.29 is 24.2 Å². The topological polar surface area (TPSA) is 76.1 Å². The predicted molar refractivity (Wildman–Crippen MR) is 107 cm³/mol. The molecule has 0 spiro atoms. The molecule has 2 aromatic carbocycles. The molecule has 0 amide bonds. The Bertz CT molecular complexity index is 710. The monoisotopic (exact) mass is 384 g/mol. The number of aliphatic hydroxyl groups is 1. The first-order valence-corrected chi connectivity index (χ1v) is 9.58. The fourth-order valence-electron chi connectivity index (χ4n) is 2.70. The van der Waals surface area contributed by atoms with Gasteiger partial charge in [0, 0.05) is 6.42 Å². The molecular weight excluding hydrogens is 356 g/mol. The number of carbonyl (C=O) groups is 2. The van der Waals surface area contributed by atoms with Crippen molar-refractivity contribution in [3.8, 4) is 0 Å². The van der Waals surface area contributed by atoms with Gasteiger partial charge in [-0.25, -0.2) is 4.79 Å². The van der Waals surface area contributed by atoms with Gasteiger partial charge in [-0.1, -0.05) is 60.7 Å². The van der Waals surface area contributed by atoms with E-state index in [0.29, 0.717) is 25.9 Å². The molecule has 1 fully saturated rings. The zero-order valence-corrected chi connectivity index (χ0v) is 16.3. The van der Waals surface area contributed by atoms with Gasteiger partial charge in [0.15, 0.2) is 11.9 Å². The van der Waals surface area contributed by atoms with Crippen LogP contribution in [0.15, 0.2) is 60.7 Å². The van der Waals surface area contributed by atoms with Crippen LogP contribution >= 0.6 is 0 Å². The molecule has 1 heterocycles. The molecule has 1 saturated heterocycles. The summed E-state index contributed by atoms with van der Waals surface area (Å²) >= 11 is 0. The second-order valence-electron chi connectivity index (χ2n) is 6.69. The standard InChI is InChI=1S/C19H22O2.C4H6O3/c20-18(13-7-12-16-8-3-1-4-9-16)19(21)15-14-17-10-5-2-6-11-17;1-6-4(5)3-2-7-3/h1-6,8-11,18,20H,7,12-15H2;3H,2H2,1H3/t18-;3-/m00/s1. The summed E-state index contributed by atoms with van der Waals surface area (Å²) in [5.41, 5.74) is 2.39. The number of esters is 1. The summed E-state index contributed by atoms with van der Waals surface area (Å²) in [7, 11) is 1.35. The van der Waals surface area contributed by atoms with Crippen LogP contribution in [0.25, 0.3) is 0 Å². The SMILES string of the molecule is COC(=O)[C@@H]1CO1.O=C(CCc1ccccc1)[C@@H](O)CCCc1ccccc1. The molecule has 1 aliphatic rings. The van der Waals surface area contributed by atoms with E-state index in [1.54, 1.807) is 0 Å². The van der Waals surface area contributed by atoms with Gasteiger partial charge in [0.25, 0.3) is 0 Å². The minimum atomic E-state index is -0.822. The molecule has 1 N–H and O–H groups in total. The number of hydrogen-bond donors (Lipinski definition) is 1. The fourth-order valence-corrected chi connectivity index (χ4v) is 2.70. The summed E-state index contributed by atoms with van der Waals surface area (Å²) < 4.78 is 8.90. The Morgan fingerprint density at radius 3 is 2.04 bits per heavy atom. The molecule has 0 aromatic heterocycles. The third-order valence-electron chi connectivity index (χ3n) is 4.46. The zero-order valence-electron chi connectivity index (χ0n) is 16.3. The maximum Gasteiger partial charge on any atom is 0.337 e. The summed E-state index contributed by atoms with van der Waals surface area (Å²) in [5, 5.41) is 9.92. The molecule has 2 atom stereocenters. The van der Waals surface area contributed by atoms with Gasteiger partial charge in [0.1, 0.15) is 6.10 Å². The van der Waals surface area contributed by atoms with E-state index in [1.165, 1.54) is 12.7 Å². The van der Waals surface area contributed by atoms with Crippen LogP contribution < -0.4 is 0 Å². The van der Waals surface area contributed by atoms with Gasteiger partial charge in [-0.15, -0.1) is 0 Å². The van der Waals surface area contributed by atoms with Crippen LogP contribution in [0.4, 0.5) is 0 Å². The number of ether oxygens (including phenoxy) is 2. The molecule has 0 unspecified atom stereocenters. The van der Waals surface area contributed by atoms with E-state index in [4.69, 9.17) is 0 Å². The lowest BCUT2D eigenvalue weighted by molar-refractivity contribution is -0.142. The van der Waals surface area contributed by atoms with Gasteiger partial charge in [-0.3, -0.25) is 4.79 Å². The Hall–Kier alpha value is -2.50. The number of aliphatic hydroxyl groups excluding tert-OH is 1. The number of Topliss-reactive ketones (excluding diaryl/α,β-unsaturated/α-hetero) is 1. The lowest BCUT2D eigenvalue weighted by atomic mass is 10.00. The van der Waals surface area contributed by atoms with E-state index >= 15 is 0 Å². The number of carbonyl (C=O) groups excluding carboxylic acids is 2. The summed E-state index contributed by atoms with van der Waals surface area (Å²) in [6, 6.07) is 20.1. The maximum absolute atomic E-state index is 11.9. The maximum atomic E-state index is 11.9. The van der Waals surface area contributed by atoms with Crippen molar-refractivity contribution in [1.29, 1.82) is 0 Å². The molecule has 3 rings (SSSR count). The molecular formula is C23H28O5. The third kappa shape index (κ3) is 8.46. The van der Waals surface area contributed by atoms with E-state index in [1.807, 2.05) is 48.5 Å². The first-order valence-electron chi connectivity index (χ1n) is 9.58. The van der Waals surface area contributed by atoms with Gasteiger partial charge in [-0.05, 0) is 36.8 Å². The zero-order chi connectivity index (χ0) is 20.2. The average molecular weight is 384 g/mol. The molecule has 2 aromatic rings. The molecule has 0 aliphatic carbocycles. The van der Waals surface area contributed by atoms with Crippen molar-refractivity contribution in [1.82, 2.24) is 0 Å². The third-order valence-corrected chi connectivity index (χ3v) is 4.46. The van der Waals surface area contributed by atoms with Gasteiger partial charge in [-0.2, -0.15) is 0 Å². The highest BCUT2D eigenvalue weighted by Crippen LogP contribution is 2.10. The molecule has 1 aliphatic heterocycles. The minimum absolute atomic E-state index is 0.0492. The summed E-state index contributed by atoms with van der Waals surface area (Å²) in [5.74, 6) is -0.313. The van der Waals surface area contributed by atoms with E-state index in [0.717, 1.165) is 18.4 Å². The Morgan fingerprint density at radius 1 is 1.04 bits per heavy atom. The molecule has 28 heavy (non-hydrogen) atoms. The average Bonchev–Trinajstić information content (AvgIpc) is 3.59. The lowest BCUT2D eigenvalue weighted by Crippen LogP contribution is -2.20. The number of hydrogen-bond acceptors (Lipinski definition) is 5. The first kappa shape index (κ1) is 21.8. The van der Waals surface area contributed by atoms with Crippen LogP contribution in [0.5, 0.6) is 0 Å². The highest BCUT2D eigenvalue weighted by molar-refractivity contribution is 5.82. The molecule has 5 nitrogen and oxygen atoms in total. The largest absolute Gasteiger partial charge is 0.467 e. The van der Waals surface area contributed by atoms with Crippen LogP contribution in [0.3, 0.4) is 0 Å². The summed E-state index contributed by atoms with van der Waals surface area (Å²) in [6.07, 6.45) is 2.34. The Balaban J connectivity index is 0.000000336. The highest BCUT2D eigenvalue weighted by atomic mass is 16.6. The van der Waals surface area contributed by atoms with Gasteiger partial charge < -0.3 is 14.6 Å². The smallest absolute Gasteiger partial charge is 0.337 e. The van der Waals surface area contributed by atoms with Crippen molar-refractivity contribution in [2.45, 2.75) is 44.3 Å². The summed E-state index contributed by atoms with van der Waals surface area (Å²) in [6.45, 7) is 0.534. The van der Waals surface area contributed by atoms with Crippen molar-refractivity contribution in [3.63, 3.8) is 0 Å². The highest BCUT2D eigenvalue weighted by Gasteiger charge is 2.31. The molecule has 0 saturated carbocycles. The van der Waals surface area contributed by atoms with Crippen molar-refractivity contribution in [2.75, 3.05) is 13.7 Å². The first-order chi connectivity index (χ1) is 13.6. The van der Waals surface area contributed by atoms with Crippen LogP contribution in [0.2, 0.25) is 0 Å². The van der Waals surface area contributed by atoms with Crippen molar-refractivity contribution in [3.05, 3.63) is 71.8 Å². The predicted octanol–water partition coefficient (Wildman–Crippen LogP) is 3.13. The minimum Gasteiger partial charge on any atom is -0.467 e. The number of aryl methyl sites for hydroxylation is 2. The van der Waals surface area contributed by atoms with Crippen molar-refractivity contribution >= 4 is 11.8 Å². The Kier molecular flexibility index (Phi) is 9.39. The van der Waals surface area contributed by atoms with Crippen molar-refractivity contribution in [2.24, 2.45) is 0 Å². The number of epoxide rings is 1. The second-order valence-corrected chi connectivity index (χ2v) is 6.69. The number of rotatable bonds is 9. The number of methoxy groups -OCH3 is 1. The normalized spacial score (nSPS) is 15.7. The molecule has 150 valence electrons. The molecule has 5 heteroatoms. The second kappa shape index (κ2) is 12.1. The number of benzene rings is 2. The fraction of sp³-hybridized carbons (Fsp3) is 0.391. The van der Waals surface area contributed by atoms with Gasteiger partial charge >= 0.3 is 5.97 Å². The van der Waals surface area contributed by atoms with Crippen LogP contribution in [-0.2, 0) is 31.9 Å². The molecule has 0 radical (unpaired) electrons. The number of ketones is 1. The van der Waals surface area contributed by atoms with Crippen LogP contribution in [-0.4, -0.2) is 42.8 Å². The van der Waals surface area contributed by atoms with E-state index in [9.17, 15) is 14.7 Å². The Labute approximate surface area is 166 Å². The van der Waals surface area contributed by atoms with E-state index in [-0.39, 0.29) is 17.9 Å². The summed E-state index contributed by atoms with van der Waals surface area (Å²) in [4.78, 5) is 22.1. The Morgan fingerprint density at radius 2 is 1.57 bits per heavy atom. The quantitative estimate of drug-likeness (QED) is 0.531. The van der Waals surface area contributed by atoms with Crippen LogP contribution in [0.1, 0.15) is 30.4 Å². The lowest BCUT2D eigenvalue weighted by Gasteiger charge is -2.09. The van der Waals surface area contributed by atoms with Gasteiger partial charge in [0.2, 0.25) is 0 Å².